The van der Waals surface area contributed by atoms with Crippen LogP contribution in [0.3, 0.4) is 0 Å². The fraction of sp³-hybridized carbons (Fsp3) is 0.0625. The number of carbonyl (C=O) groups excluding carboxylic acids is 1. The van der Waals surface area contributed by atoms with Gasteiger partial charge in [-0.05, 0) is 35.9 Å². The molecule has 2 aromatic carbocycles. The molecule has 23 heavy (non-hydrogen) atoms. The van der Waals surface area contributed by atoms with Crippen molar-refractivity contribution in [1.29, 1.82) is 0 Å². The highest BCUT2D eigenvalue weighted by molar-refractivity contribution is 6.33. The Kier molecular flexibility index (Phi) is 5.32. The zero-order valence-electron chi connectivity index (χ0n) is 12.2. The number of rotatable bonds is 5. The van der Waals surface area contributed by atoms with Gasteiger partial charge < -0.3 is 10.4 Å². The van der Waals surface area contributed by atoms with E-state index < -0.39 is 5.97 Å². The molecule has 118 valence electrons. The van der Waals surface area contributed by atoms with Crippen LogP contribution in [0, 0.1) is 0 Å². The molecule has 0 heterocycles. The summed E-state index contributed by atoms with van der Waals surface area (Å²) in [7, 11) is 0. The van der Waals surface area contributed by atoms with E-state index >= 15 is 0 Å². The van der Waals surface area contributed by atoms with Gasteiger partial charge in [0, 0.05) is 12.6 Å². The number of carbonyl (C=O) groups is 2. The maximum Gasteiger partial charge on any atom is 0.335 e. The molecule has 1 amide bonds. The van der Waals surface area contributed by atoms with Gasteiger partial charge in [0.25, 0.3) is 0 Å². The molecule has 0 saturated carbocycles. The van der Waals surface area contributed by atoms with Crippen molar-refractivity contribution in [2.45, 2.75) is 6.92 Å². The summed E-state index contributed by atoms with van der Waals surface area (Å²) in [6.45, 7) is 1.44. The van der Waals surface area contributed by atoms with Crippen molar-refractivity contribution in [1.82, 2.24) is 0 Å². The third-order valence-electron chi connectivity index (χ3n) is 2.84. The number of benzene rings is 2. The number of aromatic carboxylic acids is 1. The largest absolute Gasteiger partial charge is 0.478 e. The first-order valence-electron chi connectivity index (χ1n) is 6.65. The minimum atomic E-state index is -1.04. The zero-order valence-corrected chi connectivity index (χ0v) is 13.0. The Labute approximate surface area is 137 Å². The van der Waals surface area contributed by atoms with Gasteiger partial charge in [0.15, 0.2) is 0 Å². The van der Waals surface area contributed by atoms with Gasteiger partial charge >= 0.3 is 5.97 Å². The number of amides is 1. The molecule has 2 rings (SSSR count). The summed E-state index contributed by atoms with van der Waals surface area (Å²) in [6, 6.07) is 11.4. The molecule has 0 atom stereocenters. The first kappa shape index (κ1) is 16.5. The Bertz CT molecular complexity index is 758. The van der Waals surface area contributed by atoms with Crippen molar-refractivity contribution < 1.29 is 14.7 Å². The average molecular weight is 332 g/mol. The minimum Gasteiger partial charge on any atom is -0.478 e. The normalized spacial score (nSPS) is 10.5. The standard InChI is InChI=1S/C16H14ClN3O3/c1-10(21)19-13-5-2-11(3-6-13)9-18-20-15-8-12(16(22)23)4-7-14(15)17/h2-9,20H,1H3,(H,19,21)(H,22,23)/b18-9-. The molecule has 0 aliphatic heterocycles. The van der Waals surface area contributed by atoms with Crippen molar-refractivity contribution in [2.24, 2.45) is 5.10 Å². The van der Waals surface area contributed by atoms with Gasteiger partial charge in [-0.15, -0.1) is 0 Å². The molecule has 0 fully saturated rings. The summed E-state index contributed by atoms with van der Waals surface area (Å²) in [6.07, 6.45) is 1.56. The summed E-state index contributed by atoms with van der Waals surface area (Å²) >= 11 is 5.98. The molecule has 3 N–H and O–H groups in total. The van der Waals surface area contributed by atoms with Gasteiger partial charge in [-0.25, -0.2) is 4.79 Å². The number of nitrogens with zero attached hydrogens (tertiary/aromatic N) is 1. The van der Waals surface area contributed by atoms with Crippen LogP contribution < -0.4 is 10.7 Å². The van der Waals surface area contributed by atoms with Crippen LogP contribution in [0.15, 0.2) is 47.6 Å². The number of nitrogens with one attached hydrogen (secondary N) is 2. The van der Waals surface area contributed by atoms with Crippen molar-refractivity contribution in [3.63, 3.8) is 0 Å². The number of anilines is 2. The second kappa shape index (κ2) is 7.42. The van der Waals surface area contributed by atoms with E-state index in [0.717, 1.165) is 5.56 Å². The Morgan fingerprint density at radius 1 is 1.17 bits per heavy atom. The first-order chi connectivity index (χ1) is 11.0. The maximum absolute atomic E-state index is 10.9. The summed E-state index contributed by atoms with van der Waals surface area (Å²) in [5.41, 5.74) is 4.72. The maximum atomic E-state index is 10.9. The molecule has 0 aromatic heterocycles. The fourth-order valence-electron chi connectivity index (χ4n) is 1.78. The first-order valence-corrected chi connectivity index (χ1v) is 7.03. The van der Waals surface area contributed by atoms with Gasteiger partial charge in [-0.2, -0.15) is 5.10 Å². The van der Waals surface area contributed by atoms with Gasteiger partial charge in [-0.1, -0.05) is 23.7 Å². The average Bonchev–Trinajstić information content (AvgIpc) is 2.50. The third kappa shape index (κ3) is 4.82. The molecule has 6 nitrogen and oxygen atoms in total. The highest BCUT2D eigenvalue weighted by Crippen LogP contribution is 2.23. The predicted octanol–water partition coefficient (Wildman–Crippen LogP) is 3.44. The zero-order chi connectivity index (χ0) is 16.8. The lowest BCUT2D eigenvalue weighted by molar-refractivity contribution is -0.114. The smallest absolute Gasteiger partial charge is 0.335 e. The summed E-state index contributed by atoms with van der Waals surface area (Å²) in [5.74, 6) is -1.18. The van der Waals surface area contributed by atoms with Crippen LogP contribution in [-0.4, -0.2) is 23.2 Å². The topological polar surface area (TPSA) is 90.8 Å². The van der Waals surface area contributed by atoms with Crippen LogP contribution in [0.5, 0.6) is 0 Å². The van der Waals surface area contributed by atoms with Crippen LogP contribution in [0.1, 0.15) is 22.8 Å². The van der Waals surface area contributed by atoms with Crippen molar-refractivity contribution in [2.75, 3.05) is 10.7 Å². The molecular weight excluding hydrogens is 318 g/mol. The van der Waals surface area contributed by atoms with E-state index in [4.69, 9.17) is 16.7 Å². The quantitative estimate of drug-likeness (QED) is 0.578. The molecule has 0 saturated heterocycles. The van der Waals surface area contributed by atoms with Crippen LogP contribution >= 0.6 is 11.6 Å². The highest BCUT2D eigenvalue weighted by atomic mass is 35.5. The Balaban J connectivity index is 2.05. The predicted molar refractivity (Wildman–Crippen MR) is 90.4 cm³/mol. The molecule has 0 radical (unpaired) electrons. The lowest BCUT2D eigenvalue weighted by Gasteiger charge is -2.05. The molecule has 7 heteroatoms. The molecule has 0 aliphatic carbocycles. The summed E-state index contributed by atoms with van der Waals surface area (Å²) in [4.78, 5) is 21.9. The number of hydrogen-bond donors (Lipinski definition) is 3. The monoisotopic (exact) mass is 331 g/mol. The number of hydrazone groups is 1. The van der Waals surface area contributed by atoms with Gasteiger partial charge in [0.05, 0.1) is 22.5 Å². The SMILES string of the molecule is CC(=O)Nc1ccc(/C=N\Nc2cc(C(=O)O)ccc2Cl)cc1. The van der Waals surface area contributed by atoms with Gasteiger partial charge in [0.1, 0.15) is 0 Å². The third-order valence-corrected chi connectivity index (χ3v) is 3.17. The summed E-state index contributed by atoms with van der Waals surface area (Å²) in [5, 5.41) is 16.0. The van der Waals surface area contributed by atoms with Crippen LogP contribution in [0.25, 0.3) is 0 Å². The second-order valence-electron chi connectivity index (χ2n) is 4.67. The number of carboxylic acids is 1. The minimum absolute atomic E-state index is 0.117. The Morgan fingerprint density at radius 2 is 1.87 bits per heavy atom. The van der Waals surface area contributed by atoms with Crippen molar-refractivity contribution >= 4 is 41.1 Å². The fourth-order valence-corrected chi connectivity index (χ4v) is 1.94. The lowest BCUT2D eigenvalue weighted by atomic mass is 10.2. The van der Waals surface area contributed by atoms with E-state index in [1.54, 1.807) is 30.5 Å². The number of hydrogen-bond acceptors (Lipinski definition) is 4. The van der Waals surface area contributed by atoms with E-state index in [1.165, 1.54) is 25.1 Å². The van der Waals surface area contributed by atoms with Gasteiger partial charge in [-0.3, -0.25) is 10.2 Å². The molecule has 0 bridgehead atoms. The van der Waals surface area contributed by atoms with Crippen molar-refractivity contribution in [3.05, 3.63) is 58.6 Å². The molecule has 0 spiro atoms. The van der Waals surface area contributed by atoms with E-state index in [0.29, 0.717) is 16.4 Å². The van der Waals surface area contributed by atoms with Gasteiger partial charge in [0.2, 0.25) is 5.91 Å². The molecule has 0 aliphatic rings. The van der Waals surface area contributed by atoms with E-state index in [-0.39, 0.29) is 11.5 Å². The Morgan fingerprint density at radius 3 is 2.48 bits per heavy atom. The van der Waals surface area contributed by atoms with Crippen molar-refractivity contribution in [3.8, 4) is 0 Å². The van der Waals surface area contributed by atoms with Crippen LogP contribution in [-0.2, 0) is 4.79 Å². The molecular formula is C16H14ClN3O3. The van der Waals surface area contributed by atoms with Crippen LogP contribution in [0.2, 0.25) is 5.02 Å². The number of halogens is 1. The molecule has 2 aromatic rings. The highest BCUT2D eigenvalue weighted by Gasteiger charge is 2.06. The van der Waals surface area contributed by atoms with Crippen LogP contribution in [0.4, 0.5) is 11.4 Å². The van der Waals surface area contributed by atoms with E-state index in [9.17, 15) is 9.59 Å². The summed E-state index contributed by atoms with van der Waals surface area (Å²) < 4.78 is 0. The Hall–Kier alpha value is -2.86. The number of carboxylic acid groups (broad SMARTS) is 1. The lowest BCUT2D eigenvalue weighted by Crippen LogP contribution is -2.05. The van der Waals surface area contributed by atoms with E-state index in [2.05, 4.69) is 15.8 Å². The van der Waals surface area contributed by atoms with E-state index in [1.807, 2.05) is 0 Å². The second-order valence-corrected chi connectivity index (χ2v) is 5.08. The molecule has 0 unspecified atom stereocenters.